The van der Waals surface area contributed by atoms with E-state index in [0.29, 0.717) is 23.2 Å². The van der Waals surface area contributed by atoms with Gasteiger partial charge in [-0.3, -0.25) is 15.1 Å². The van der Waals surface area contributed by atoms with Crippen molar-refractivity contribution in [2.24, 2.45) is 16.3 Å². The molecule has 1 aromatic carbocycles. The van der Waals surface area contributed by atoms with Crippen molar-refractivity contribution in [1.82, 2.24) is 15.6 Å². The Morgan fingerprint density at radius 2 is 2.29 bits per heavy atom. The van der Waals surface area contributed by atoms with Crippen LogP contribution in [0.3, 0.4) is 0 Å². The van der Waals surface area contributed by atoms with Gasteiger partial charge in [0.2, 0.25) is 5.91 Å². The van der Waals surface area contributed by atoms with Crippen LogP contribution in [0, 0.1) is 5.92 Å². The number of hydrogen-bond donors (Lipinski definition) is 3. The van der Waals surface area contributed by atoms with E-state index in [9.17, 15) is 4.79 Å². The van der Waals surface area contributed by atoms with Gasteiger partial charge in [-0.05, 0) is 37.3 Å². The number of amides is 1. The molecular formula is C19H26ClN5O3. The highest BCUT2D eigenvalue weighted by Crippen LogP contribution is 2.42. The normalized spacial score (nSPS) is 25.8. The maximum absolute atomic E-state index is 12.8. The number of carbonyl (C=O) groups is 1. The van der Waals surface area contributed by atoms with Crippen LogP contribution in [0.25, 0.3) is 0 Å². The fourth-order valence-electron chi connectivity index (χ4n) is 3.96. The lowest BCUT2D eigenvalue weighted by Crippen LogP contribution is -2.65. The van der Waals surface area contributed by atoms with Crippen molar-refractivity contribution in [3.05, 3.63) is 28.8 Å². The van der Waals surface area contributed by atoms with Gasteiger partial charge in [0.05, 0.1) is 24.2 Å². The van der Waals surface area contributed by atoms with Gasteiger partial charge in [-0.15, -0.1) is 0 Å². The molecule has 3 N–H and O–H groups in total. The third kappa shape index (κ3) is 3.56. The highest BCUT2D eigenvalue weighted by atomic mass is 35.5. The zero-order chi connectivity index (χ0) is 19.7. The van der Waals surface area contributed by atoms with Crippen LogP contribution in [0.4, 0.5) is 0 Å². The van der Waals surface area contributed by atoms with Crippen LogP contribution in [-0.2, 0) is 4.79 Å². The molecule has 2 fully saturated rings. The van der Waals surface area contributed by atoms with Gasteiger partial charge in [0.15, 0.2) is 5.54 Å². The zero-order valence-electron chi connectivity index (χ0n) is 15.9. The Hall–Kier alpha value is -1.90. The molecule has 2 heterocycles. The Balaban J connectivity index is 1.33. The van der Waals surface area contributed by atoms with E-state index in [1.165, 1.54) is 0 Å². The first-order valence-corrected chi connectivity index (χ1v) is 10.1. The summed E-state index contributed by atoms with van der Waals surface area (Å²) in [5.41, 5.74) is 3.29. The number of ether oxygens (including phenoxy) is 1. The molecule has 9 heteroatoms. The average molecular weight is 408 g/mol. The minimum atomic E-state index is -0.645. The second-order valence-electron chi connectivity index (χ2n) is 7.79. The molecule has 8 nitrogen and oxygen atoms in total. The lowest BCUT2D eigenvalue weighted by atomic mass is 9.92. The van der Waals surface area contributed by atoms with E-state index in [4.69, 9.17) is 21.4 Å². The topological polar surface area (TPSA) is 98.5 Å². The molecule has 0 spiro atoms. The fourth-order valence-corrected chi connectivity index (χ4v) is 4.30. The molecule has 1 saturated heterocycles. The van der Waals surface area contributed by atoms with Crippen LogP contribution in [0.1, 0.15) is 31.4 Å². The van der Waals surface area contributed by atoms with Gasteiger partial charge in [0, 0.05) is 19.1 Å². The van der Waals surface area contributed by atoms with E-state index in [2.05, 4.69) is 32.9 Å². The molecule has 2 aliphatic heterocycles. The Labute approximate surface area is 169 Å². The SMILES string of the molecule is CC(c1cccc(OCCO)c1Cl)N1CC(NC(=O)C2(C3CC3)CN=NN2)C1. The molecule has 1 amide bonds. The largest absolute Gasteiger partial charge is 0.490 e. The summed E-state index contributed by atoms with van der Waals surface area (Å²) in [6.07, 6.45) is 2.10. The number of benzene rings is 1. The Bertz CT molecular complexity index is 756. The first-order chi connectivity index (χ1) is 13.5. The number of likely N-dealkylation sites (tertiary alicyclic amines) is 1. The van der Waals surface area contributed by atoms with E-state index in [1.54, 1.807) is 6.07 Å². The van der Waals surface area contributed by atoms with Crippen molar-refractivity contribution < 1.29 is 14.6 Å². The minimum Gasteiger partial charge on any atom is -0.490 e. The third-order valence-electron chi connectivity index (χ3n) is 5.90. The third-order valence-corrected chi connectivity index (χ3v) is 6.31. The van der Waals surface area contributed by atoms with Crippen molar-refractivity contribution in [2.45, 2.75) is 37.4 Å². The van der Waals surface area contributed by atoms with Gasteiger partial charge in [-0.1, -0.05) is 29.0 Å². The lowest BCUT2D eigenvalue weighted by Gasteiger charge is -2.44. The molecule has 2 unspecified atom stereocenters. The van der Waals surface area contributed by atoms with Gasteiger partial charge >= 0.3 is 0 Å². The Morgan fingerprint density at radius 3 is 2.93 bits per heavy atom. The molecule has 1 aromatic rings. The second-order valence-corrected chi connectivity index (χ2v) is 8.17. The first-order valence-electron chi connectivity index (χ1n) is 9.76. The van der Waals surface area contributed by atoms with Crippen LogP contribution in [0.15, 0.2) is 28.5 Å². The van der Waals surface area contributed by atoms with E-state index in [-0.39, 0.29) is 31.2 Å². The first kappa shape index (κ1) is 19.4. The van der Waals surface area contributed by atoms with Crippen LogP contribution in [0.5, 0.6) is 5.75 Å². The maximum atomic E-state index is 12.8. The molecular weight excluding hydrogens is 382 g/mol. The summed E-state index contributed by atoms with van der Waals surface area (Å²) in [5.74, 6) is 0.921. The van der Waals surface area contributed by atoms with Gasteiger partial charge < -0.3 is 15.2 Å². The molecule has 4 rings (SSSR count). The van der Waals surface area contributed by atoms with Gasteiger partial charge in [-0.25, -0.2) is 0 Å². The standard InChI is InChI=1S/C19H26ClN5O3/c1-12(15-3-2-4-16(17(15)20)28-8-7-26)25-9-14(10-25)22-18(27)19(13-5-6-13)11-21-24-23-19/h2-4,12-14,26H,5-11H2,1H3,(H,21,23)(H,22,27). The van der Waals surface area contributed by atoms with Crippen LogP contribution in [-0.4, -0.2) is 60.3 Å². The number of nitrogens with zero attached hydrogens (tertiary/aromatic N) is 3. The highest BCUT2D eigenvalue weighted by Gasteiger charge is 2.54. The van der Waals surface area contributed by atoms with Crippen LogP contribution >= 0.6 is 11.6 Å². The maximum Gasteiger partial charge on any atom is 0.249 e. The van der Waals surface area contributed by atoms with E-state index in [0.717, 1.165) is 31.5 Å². The molecule has 0 radical (unpaired) electrons. The van der Waals surface area contributed by atoms with E-state index >= 15 is 0 Å². The molecule has 1 aliphatic carbocycles. The molecule has 1 saturated carbocycles. The molecule has 152 valence electrons. The van der Waals surface area contributed by atoms with E-state index in [1.807, 2.05) is 12.1 Å². The summed E-state index contributed by atoms with van der Waals surface area (Å²) < 4.78 is 5.50. The summed E-state index contributed by atoms with van der Waals surface area (Å²) in [6.45, 7) is 4.20. The summed E-state index contributed by atoms with van der Waals surface area (Å²) in [7, 11) is 0. The van der Waals surface area contributed by atoms with Gasteiger partial charge in [0.25, 0.3) is 0 Å². The van der Waals surface area contributed by atoms with Crippen molar-refractivity contribution in [1.29, 1.82) is 0 Å². The monoisotopic (exact) mass is 407 g/mol. The summed E-state index contributed by atoms with van der Waals surface area (Å²) in [5, 5.41) is 20.5. The molecule has 2 atom stereocenters. The minimum absolute atomic E-state index is 0.00902. The number of aliphatic hydroxyl groups is 1. The van der Waals surface area contributed by atoms with E-state index < -0.39 is 5.54 Å². The number of nitrogens with one attached hydrogen (secondary N) is 2. The molecule has 28 heavy (non-hydrogen) atoms. The molecule has 3 aliphatic rings. The predicted octanol–water partition coefficient (Wildman–Crippen LogP) is 1.69. The quantitative estimate of drug-likeness (QED) is 0.609. The smallest absolute Gasteiger partial charge is 0.249 e. The van der Waals surface area contributed by atoms with Crippen molar-refractivity contribution >= 4 is 17.5 Å². The Kier molecular flexibility index (Phi) is 5.44. The van der Waals surface area contributed by atoms with Crippen molar-refractivity contribution in [3.8, 4) is 5.75 Å². The number of hydrogen-bond acceptors (Lipinski definition) is 7. The predicted molar refractivity (Wildman–Crippen MR) is 104 cm³/mol. The number of aliphatic hydroxyl groups excluding tert-OH is 1. The second kappa shape index (κ2) is 7.85. The fraction of sp³-hybridized carbons (Fsp3) is 0.632. The number of carbonyl (C=O) groups excluding carboxylic acids is 1. The summed E-state index contributed by atoms with van der Waals surface area (Å²) in [6, 6.07) is 5.90. The van der Waals surface area contributed by atoms with Crippen molar-refractivity contribution in [3.63, 3.8) is 0 Å². The Morgan fingerprint density at radius 1 is 1.50 bits per heavy atom. The average Bonchev–Trinajstić information content (AvgIpc) is 3.40. The van der Waals surface area contributed by atoms with Crippen molar-refractivity contribution in [2.75, 3.05) is 32.8 Å². The zero-order valence-corrected chi connectivity index (χ0v) is 16.7. The summed E-state index contributed by atoms with van der Waals surface area (Å²) >= 11 is 6.50. The number of rotatable bonds is 8. The number of halogens is 1. The van der Waals surface area contributed by atoms with Crippen LogP contribution in [0.2, 0.25) is 5.02 Å². The molecule has 0 aromatic heterocycles. The highest BCUT2D eigenvalue weighted by molar-refractivity contribution is 6.32. The van der Waals surface area contributed by atoms with Gasteiger partial charge in [-0.2, -0.15) is 5.11 Å². The molecule has 0 bridgehead atoms. The van der Waals surface area contributed by atoms with Crippen LogP contribution < -0.4 is 15.5 Å². The lowest BCUT2D eigenvalue weighted by molar-refractivity contribution is -0.129. The summed E-state index contributed by atoms with van der Waals surface area (Å²) in [4.78, 5) is 15.1. The van der Waals surface area contributed by atoms with Gasteiger partial charge in [0.1, 0.15) is 12.4 Å².